The third-order valence-electron chi connectivity index (χ3n) is 2.69. The second-order valence-corrected chi connectivity index (χ2v) is 3.52. The molecule has 0 aliphatic carbocycles. The van der Waals surface area contributed by atoms with Crippen LogP contribution >= 0.6 is 0 Å². The van der Waals surface area contributed by atoms with Gasteiger partial charge in [0.25, 0.3) is 0 Å². The van der Waals surface area contributed by atoms with Crippen LogP contribution in [0.2, 0.25) is 0 Å². The number of rotatable bonds is 1. The molecule has 0 saturated heterocycles. The summed E-state index contributed by atoms with van der Waals surface area (Å²) in [6.45, 7) is 3.57. The zero-order valence-electron chi connectivity index (χ0n) is 8.59. The van der Waals surface area contributed by atoms with Crippen LogP contribution in [0.25, 0.3) is 10.9 Å². The van der Waals surface area contributed by atoms with Gasteiger partial charge >= 0.3 is 0 Å². The van der Waals surface area contributed by atoms with Gasteiger partial charge in [0.15, 0.2) is 5.78 Å². The topological polar surface area (TPSA) is 22.0 Å². The molecule has 71 valence electrons. The van der Waals surface area contributed by atoms with Gasteiger partial charge in [0.1, 0.15) is 0 Å². The quantitative estimate of drug-likeness (QED) is 0.627. The molecule has 0 saturated carbocycles. The average Bonchev–Trinajstić information content (AvgIpc) is 2.41. The minimum atomic E-state index is 0.118. The molecule has 1 aromatic carbocycles. The number of carbonyl (C=O) groups excluding carboxylic acids is 1. The van der Waals surface area contributed by atoms with Gasteiger partial charge in [-0.3, -0.25) is 4.79 Å². The second-order valence-electron chi connectivity index (χ2n) is 3.52. The predicted molar refractivity (Wildman–Crippen MR) is 56.5 cm³/mol. The molecule has 1 radical (unpaired) electrons. The molecule has 0 N–H and O–H groups in total. The van der Waals surface area contributed by atoms with Gasteiger partial charge in [-0.1, -0.05) is 6.07 Å². The second kappa shape index (κ2) is 2.98. The van der Waals surface area contributed by atoms with Crippen molar-refractivity contribution in [2.45, 2.75) is 13.8 Å². The molecule has 2 rings (SSSR count). The highest BCUT2D eigenvalue weighted by Crippen LogP contribution is 2.24. The number of aromatic nitrogens is 1. The lowest BCUT2D eigenvalue weighted by molar-refractivity contribution is 0.101. The first-order chi connectivity index (χ1) is 6.63. The van der Waals surface area contributed by atoms with Crippen molar-refractivity contribution in [2.24, 2.45) is 7.05 Å². The van der Waals surface area contributed by atoms with Gasteiger partial charge in [0.2, 0.25) is 0 Å². The third kappa shape index (κ3) is 1.07. The third-order valence-corrected chi connectivity index (χ3v) is 2.69. The summed E-state index contributed by atoms with van der Waals surface area (Å²) in [5.74, 6) is 0.118. The molecule has 0 aliphatic rings. The molecule has 2 aromatic rings. The first kappa shape index (κ1) is 9.00. The van der Waals surface area contributed by atoms with E-state index in [0.29, 0.717) is 0 Å². The van der Waals surface area contributed by atoms with E-state index in [0.717, 1.165) is 22.2 Å². The van der Waals surface area contributed by atoms with Crippen LogP contribution in [0.3, 0.4) is 0 Å². The summed E-state index contributed by atoms with van der Waals surface area (Å²) in [4.78, 5) is 11.5. The summed E-state index contributed by atoms with van der Waals surface area (Å²) in [6.07, 6.45) is 0. The summed E-state index contributed by atoms with van der Waals surface area (Å²) in [5, 5.41) is 1.00. The van der Waals surface area contributed by atoms with Crippen LogP contribution in [0.4, 0.5) is 0 Å². The highest BCUT2D eigenvalue weighted by atomic mass is 16.1. The number of hydrogen-bond acceptors (Lipinski definition) is 1. The Morgan fingerprint density at radius 1 is 1.50 bits per heavy atom. The van der Waals surface area contributed by atoms with Crippen molar-refractivity contribution in [3.8, 4) is 0 Å². The standard InChI is InChI=1S/C12H12NO/c1-8-12(9(2)14)10-6-4-5-7-11(10)13(8)3/h5-7H,1-3H3. The van der Waals surface area contributed by atoms with Crippen molar-refractivity contribution in [2.75, 3.05) is 0 Å². The molecular formula is C12H12NO. The zero-order valence-corrected chi connectivity index (χ0v) is 8.59. The summed E-state index contributed by atoms with van der Waals surface area (Å²) in [7, 11) is 1.98. The Balaban J connectivity index is 2.95. The molecule has 1 aromatic heterocycles. The predicted octanol–water partition coefficient (Wildman–Crippen LogP) is 2.49. The van der Waals surface area contributed by atoms with Gasteiger partial charge in [0, 0.05) is 29.2 Å². The highest BCUT2D eigenvalue weighted by Gasteiger charge is 2.14. The highest BCUT2D eigenvalue weighted by molar-refractivity contribution is 6.08. The molecule has 1 heterocycles. The van der Waals surface area contributed by atoms with E-state index in [9.17, 15) is 4.79 Å². The molecule has 0 atom stereocenters. The number of benzene rings is 1. The molecular weight excluding hydrogens is 174 g/mol. The molecule has 0 bridgehead atoms. The Hall–Kier alpha value is -1.57. The number of Topliss-reactive ketones (excluding diaryl/α,β-unsaturated/α-hetero) is 1. The molecule has 0 aliphatic heterocycles. The van der Waals surface area contributed by atoms with Gasteiger partial charge in [-0.2, -0.15) is 0 Å². The number of carbonyl (C=O) groups is 1. The molecule has 2 nitrogen and oxygen atoms in total. The summed E-state index contributed by atoms with van der Waals surface area (Å²) in [5.41, 5.74) is 2.93. The molecule has 0 spiro atoms. The minimum Gasteiger partial charge on any atom is -0.347 e. The molecule has 14 heavy (non-hydrogen) atoms. The lowest BCUT2D eigenvalue weighted by atomic mass is 10.1. The van der Waals surface area contributed by atoms with Crippen LogP contribution in [-0.4, -0.2) is 10.4 Å². The monoisotopic (exact) mass is 186 g/mol. The fraction of sp³-hybridized carbons (Fsp3) is 0.250. The van der Waals surface area contributed by atoms with E-state index in [4.69, 9.17) is 0 Å². The van der Waals surface area contributed by atoms with Crippen LogP contribution in [0.5, 0.6) is 0 Å². The van der Waals surface area contributed by atoms with Crippen molar-refractivity contribution >= 4 is 16.7 Å². The Labute approximate surface area is 83.2 Å². The molecule has 0 amide bonds. The van der Waals surface area contributed by atoms with Crippen molar-refractivity contribution in [1.29, 1.82) is 0 Å². The number of aryl methyl sites for hydroxylation is 1. The van der Waals surface area contributed by atoms with Crippen LogP contribution in [0.1, 0.15) is 23.0 Å². The Bertz CT molecular complexity index is 508. The zero-order chi connectivity index (χ0) is 10.3. The summed E-state index contributed by atoms with van der Waals surface area (Å²) in [6, 6.07) is 8.73. The normalized spacial score (nSPS) is 10.8. The maximum absolute atomic E-state index is 11.5. The fourth-order valence-electron chi connectivity index (χ4n) is 1.90. The number of hydrogen-bond donors (Lipinski definition) is 0. The maximum atomic E-state index is 11.5. The largest absolute Gasteiger partial charge is 0.347 e. The minimum absolute atomic E-state index is 0.118. The summed E-state index contributed by atoms with van der Waals surface area (Å²) < 4.78 is 2.04. The summed E-state index contributed by atoms with van der Waals surface area (Å²) >= 11 is 0. The van der Waals surface area contributed by atoms with E-state index in [-0.39, 0.29) is 5.78 Å². The van der Waals surface area contributed by atoms with E-state index < -0.39 is 0 Å². The first-order valence-electron chi connectivity index (χ1n) is 4.59. The number of fused-ring (bicyclic) bond motifs is 1. The van der Waals surface area contributed by atoms with Gasteiger partial charge in [-0.15, -0.1) is 0 Å². The van der Waals surface area contributed by atoms with E-state index in [1.54, 1.807) is 6.92 Å². The van der Waals surface area contributed by atoms with Gasteiger partial charge in [-0.25, -0.2) is 0 Å². The van der Waals surface area contributed by atoms with Crippen LogP contribution in [-0.2, 0) is 7.05 Å². The van der Waals surface area contributed by atoms with Crippen molar-refractivity contribution in [3.63, 3.8) is 0 Å². The molecule has 2 heteroatoms. The van der Waals surface area contributed by atoms with Crippen molar-refractivity contribution in [1.82, 2.24) is 4.57 Å². The van der Waals surface area contributed by atoms with Crippen LogP contribution in [0, 0.1) is 13.0 Å². The fourth-order valence-corrected chi connectivity index (χ4v) is 1.90. The lowest BCUT2D eigenvalue weighted by Gasteiger charge is -1.97. The van der Waals surface area contributed by atoms with Crippen LogP contribution < -0.4 is 0 Å². The molecule has 0 unspecified atom stereocenters. The SMILES string of the molecule is CC(=O)c1c(C)n(C)c2cc[c]cc12. The average molecular weight is 186 g/mol. The van der Waals surface area contributed by atoms with Gasteiger partial charge < -0.3 is 4.57 Å². The number of ketones is 1. The lowest BCUT2D eigenvalue weighted by Crippen LogP contribution is -1.96. The first-order valence-corrected chi connectivity index (χ1v) is 4.59. The van der Waals surface area contributed by atoms with E-state index >= 15 is 0 Å². The Morgan fingerprint density at radius 2 is 2.21 bits per heavy atom. The molecule has 0 fully saturated rings. The Morgan fingerprint density at radius 3 is 2.86 bits per heavy atom. The number of nitrogens with zero attached hydrogens (tertiary/aromatic N) is 1. The smallest absolute Gasteiger partial charge is 0.162 e. The van der Waals surface area contributed by atoms with E-state index in [2.05, 4.69) is 6.07 Å². The van der Waals surface area contributed by atoms with Gasteiger partial charge in [0.05, 0.1) is 0 Å². The Kier molecular flexibility index (Phi) is 1.92. The maximum Gasteiger partial charge on any atom is 0.162 e. The van der Waals surface area contributed by atoms with Crippen molar-refractivity contribution in [3.05, 3.63) is 35.5 Å². The van der Waals surface area contributed by atoms with E-state index in [1.807, 2.05) is 36.7 Å². The van der Waals surface area contributed by atoms with Gasteiger partial charge in [-0.05, 0) is 32.0 Å². The van der Waals surface area contributed by atoms with Crippen molar-refractivity contribution < 1.29 is 4.79 Å². The van der Waals surface area contributed by atoms with Crippen LogP contribution in [0.15, 0.2) is 18.2 Å². The van der Waals surface area contributed by atoms with E-state index in [1.165, 1.54) is 0 Å².